The molecule has 2 unspecified atom stereocenters. The van der Waals surface area contributed by atoms with E-state index >= 15 is 0 Å². The van der Waals surface area contributed by atoms with Crippen LogP contribution in [0.2, 0.25) is 0 Å². The fourth-order valence-corrected chi connectivity index (χ4v) is 2.29. The molecule has 1 aliphatic rings. The van der Waals surface area contributed by atoms with Crippen LogP contribution in [0.3, 0.4) is 0 Å². The molecule has 3 heteroatoms. The Hall–Kier alpha value is -0.830. The number of allylic oxidation sites excluding steroid dienone is 1. The van der Waals surface area contributed by atoms with E-state index in [1.807, 2.05) is 20.8 Å². The van der Waals surface area contributed by atoms with Crippen molar-refractivity contribution in [2.75, 3.05) is 0 Å². The van der Waals surface area contributed by atoms with Crippen molar-refractivity contribution < 1.29 is 9.90 Å². The van der Waals surface area contributed by atoms with Crippen molar-refractivity contribution in [2.45, 2.75) is 39.2 Å². The van der Waals surface area contributed by atoms with Gasteiger partial charge in [-0.25, -0.2) is 0 Å². The zero-order valence-electron chi connectivity index (χ0n) is 9.13. The van der Waals surface area contributed by atoms with Gasteiger partial charge in [0.1, 0.15) is 0 Å². The average Bonchev–Trinajstić information content (AvgIpc) is 2.55. The minimum Gasteiger partial charge on any atom is -0.481 e. The van der Waals surface area contributed by atoms with Gasteiger partial charge in [-0.2, -0.15) is 0 Å². The van der Waals surface area contributed by atoms with Gasteiger partial charge in [-0.3, -0.25) is 4.79 Å². The van der Waals surface area contributed by atoms with E-state index in [9.17, 15) is 9.90 Å². The summed E-state index contributed by atoms with van der Waals surface area (Å²) in [5, 5.41) is 9.23. The van der Waals surface area contributed by atoms with Gasteiger partial charge < -0.3 is 10.8 Å². The second-order valence-corrected chi connectivity index (χ2v) is 5.35. The van der Waals surface area contributed by atoms with E-state index < -0.39 is 16.9 Å². The van der Waals surface area contributed by atoms with Crippen LogP contribution in [-0.2, 0) is 4.79 Å². The van der Waals surface area contributed by atoms with Crippen molar-refractivity contribution in [2.24, 2.45) is 16.6 Å². The first-order valence-corrected chi connectivity index (χ1v) is 4.83. The predicted molar refractivity (Wildman–Crippen MR) is 55.9 cm³/mol. The minimum absolute atomic E-state index is 0.282. The summed E-state index contributed by atoms with van der Waals surface area (Å²) in [6.07, 6.45) is 2.89. The quantitative estimate of drug-likeness (QED) is 0.675. The number of carboxylic acid groups (broad SMARTS) is 1. The Morgan fingerprint density at radius 3 is 2.43 bits per heavy atom. The van der Waals surface area contributed by atoms with Gasteiger partial charge in [-0.05, 0) is 26.7 Å². The first-order valence-electron chi connectivity index (χ1n) is 4.83. The molecular formula is C11H19NO2. The Morgan fingerprint density at radius 1 is 1.71 bits per heavy atom. The third-order valence-corrected chi connectivity index (χ3v) is 3.25. The lowest BCUT2D eigenvalue weighted by Crippen LogP contribution is -2.39. The second kappa shape index (κ2) is 2.83. The smallest absolute Gasteiger partial charge is 0.310 e. The maximum atomic E-state index is 11.2. The molecule has 0 aromatic rings. The second-order valence-electron chi connectivity index (χ2n) is 5.35. The number of aliphatic carboxylic acids is 1. The van der Waals surface area contributed by atoms with E-state index in [2.05, 4.69) is 6.58 Å². The van der Waals surface area contributed by atoms with Crippen LogP contribution in [-0.4, -0.2) is 16.6 Å². The van der Waals surface area contributed by atoms with Crippen LogP contribution in [0.15, 0.2) is 12.7 Å². The van der Waals surface area contributed by atoms with Crippen LogP contribution in [0, 0.1) is 10.8 Å². The summed E-state index contributed by atoms with van der Waals surface area (Å²) < 4.78 is 0. The molecule has 0 aromatic carbocycles. The molecule has 3 nitrogen and oxygen atoms in total. The molecule has 1 saturated carbocycles. The third kappa shape index (κ3) is 1.57. The predicted octanol–water partition coefficient (Wildman–Crippen LogP) is 1.78. The van der Waals surface area contributed by atoms with E-state index in [-0.39, 0.29) is 5.41 Å². The number of hydrogen-bond donors (Lipinski definition) is 2. The van der Waals surface area contributed by atoms with Crippen molar-refractivity contribution in [3.63, 3.8) is 0 Å². The first kappa shape index (κ1) is 11.2. The monoisotopic (exact) mass is 197 g/mol. The van der Waals surface area contributed by atoms with Crippen molar-refractivity contribution in [3.8, 4) is 0 Å². The number of carboxylic acids is 1. The summed E-state index contributed by atoms with van der Waals surface area (Å²) >= 11 is 0. The molecule has 0 spiro atoms. The van der Waals surface area contributed by atoms with Crippen LogP contribution >= 0.6 is 0 Å². The molecule has 0 heterocycles. The third-order valence-electron chi connectivity index (χ3n) is 3.25. The normalized spacial score (nSPS) is 36.6. The number of hydrogen-bond acceptors (Lipinski definition) is 2. The maximum Gasteiger partial charge on any atom is 0.310 e. The molecule has 0 aliphatic heterocycles. The Kier molecular flexibility index (Phi) is 2.27. The molecule has 1 fully saturated rings. The summed E-state index contributed by atoms with van der Waals surface area (Å²) in [7, 11) is 0. The zero-order valence-corrected chi connectivity index (χ0v) is 9.13. The number of carbonyl (C=O) groups is 1. The molecule has 0 aromatic heterocycles. The van der Waals surface area contributed by atoms with Gasteiger partial charge in [0.15, 0.2) is 0 Å². The van der Waals surface area contributed by atoms with Gasteiger partial charge >= 0.3 is 5.97 Å². The van der Waals surface area contributed by atoms with Crippen molar-refractivity contribution >= 4 is 5.97 Å². The summed E-state index contributed by atoms with van der Waals surface area (Å²) in [6.45, 7) is 9.35. The van der Waals surface area contributed by atoms with Crippen LogP contribution < -0.4 is 5.73 Å². The molecule has 14 heavy (non-hydrogen) atoms. The van der Waals surface area contributed by atoms with Crippen molar-refractivity contribution in [3.05, 3.63) is 12.7 Å². The maximum absolute atomic E-state index is 11.2. The van der Waals surface area contributed by atoms with Crippen LogP contribution in [0.25, 0.3) is 0 Å². The first-order chi connectivity index (χ1) is 6.17. The highest BCUT2D eigenvalue weighted by atomic mass is 16.4. The van der Waals surface area contributed by atoms with E-state index in [0.29, 0.717) is 12.8 Å². The standard InChI is InChI=1S/C11H19NO2/c1-5-10(4)7-11(10,8(13)14)6-9(2,3)12/h5H,1,6-7,12H2,2-4H3,(H,13,14). The number of nitrogens with two attached hydrogens (primary N) is 1. The molecule has 1 rings (SSSR count). The zero-order chi connectivity index (χ0) is 11.2. The molecule has 1 aliphatic carbocycles. The molecule has 0 radical (unpaired) electrons. The van der Waals surface area contributed by atoms with Crippen LogP contribution in [0.4, 0.5) is 0 Å². The lowest BCUT2D eigenvalue weighted by molar-refractivity contribution is -0.145. The van der Waals surface area contributed by atoms with Crippen LogP contribution in [0.5, 0.6) is 0 Å². The van der Waals surface area contributed by atoms with E-state index in [4.69, 9.17) is 5.73 Å². The Morgan fingerprint density at radius 2 is 2.21 bits per heavy atom. The summed E-state index contributed by atoms with van der Waals surface area (Å²) in [4.78, 5) is 11.2. The lowest BCUT2D eigenvalue weighted by atomic mass is 9.83. The molecular weight excluding hydrogens is 178 g/mol. The Bertz CT molecular complexity index is 280. The molecule has 0 saturated heterocycles. The number of rotatable bonds is 4. The molecule has 80 valence electrons. The van der Waals surface area contributed by atoms with Gasteiger partial charge in [0, 0.05) is 11.0 Å². The van der Waals surface area contributed by atoms with Crippen LogP contribution in [0.1, 0.15) is 33.6 Å². The molecule has 0 amide bonds. The van der Waals surface area contributed by atoms with E-state index in [1.54, 1.807) is 6.08 Å². The van der Waals surface area contributed by atoms with Crippen molar-refractivity contribution in [1.29, 1.82) is 0 Å². The Labute approximate surface area is 85.0 Å². The Balaban J connectivity index is 2.90. The molecule has 2 atom stereocenters. The largest absolute Gasteiger partial charge is 0.481 e. The summed E-state index contributed by atoms with van der Waals surface area (Å²) in [5.41, 5.74) is 4.46. The SMILES string of the molecule is C=CC1(C)CC1(CC(C)(C)N)C(=O)O. The summed E-state index contributed by atoms with van der Waals surface area (Å²) in [5.74, 6) is -0.751. The van der Waals surface area contributed by atoms with Gasteiger partial charge in [-0.15, -0.1) is 6.58 Å². The topological polar surface area (TPSA) is 63.3 Å². The van der Waals surface area contributed by atoms with E-state index in [0.717, 1.165) is 0 Å². The van der Waals surface area contributed by atoms with Gasteiger partial charge in [-0.1, -0.05) is 13.0 Å². The van der Waals surface area contributed by atoms with Gasteiger partial charge in [0.2, 0.25) is 0 Å². The highest BCUT2D eigenvalue weighted by Crippen LogP contribution is 2.67. The molecule has 0 bridgehead atoms. The van der Waals surface area contributed by atoms with E-state index in [1.165, 1.54) is 0 Å². The lowest BCUT2D eigenvalue weighted by Gasteiger charge is -2.25. The van der Waals surface area contributed by atoms with Crippen molar-refractivity contribution in [1.82, 2.24) is 0 Å². The minimum atomic E-state index is -0.751. The molecule has 3 N–H and O–H groups in total. The summed E-state index contributed by atoms with van der Waals surface area (Å²) in [6, 6.07) is 0. The van der Waals surface area contributed by atoms with Gasteiger partial charge in [0.05, 0.1) is 5.41 Å². The fourth-order valence-electron chi connectivity index (χ4n) is 2.29. The average molecular weight is 197 g/mol. The highest BCUT2D eigenvalue weighted by Gasteiger charge is 2.68. The van der Waals surface area contributed by atoms with Gasteiger partial charge in [0.25, 0.3) is 0 Å². The highest BCUT2D eigenvalue weighted by molar-refractivity contribution is 5.80. The fraction of sp³-hybridized carbons (Fsp3) is 0.727.